The lowest BCUT2D eigenvalue weighted by Gasteiger charge is -2.49. The molecule has 2 aliphatic rings. The van der Waals surface area contributed by atoms with Crippen LogP contribution in [0.25, 0.3) is 43.9 Å². The molecule has 0 spiro atoms. The Morgan fingerprint density at radius 1 is 0.902 bits per heavy atom. The maximum atomic E-state index is 13.3. The number of hydrogen-bond donors (Lipinski definition) is 2. The number of ether oxygens (including phenoxy) is 1. The van der Waals surface area contributed by atoms with Crippen LogP contribution in [0.15, 0.2) is 66.7 Å². The number of hydrogen-bond acceptors (Lipinski definition) is 5. The largest absolute Gasteiger partial charge is 0.487 e. The van der Waals surface area contributed by atoms with Crippen molar-refractivity contribution in [1.29, 1.82) is 0 Å². The zero-order chi connectivity index (χ0) is 27.9. The molecule has 2 aromatic heterocycles. The number of benzene rings is 4. The molecule has 7 heteroatoms. The molecule has 1 aliphatic heterocycles. The summed E-state index contributed by atoms with van der Waals surface area (Å²) in [5.41, 5.74) is 6.33. The average molecular weight is 542 g/mol. The van der Waals surface area contributed by atoms with Gasteiger partial charge in [0.25, 0.3) is 5.91 Å². The number of aromatic amines is 1. The molecule has 2 N–H and O–H groups in total. The third-order valence-electron chi connectivity index (χ3n) is 9.22. The fourth-order valence-electron chi connectivity index (χ4n) is 7.23. The number of aromatic nitrogens is 4. The van der Waals surface area contributed by atoms with Crippen LogP contribution in [0, 0.1) is 11.8 Å². The zero-order valence-corrected chi connectivity index (χ0v) is 23.4. The summed E-state index contributed by atoms with van der Waals surface area (Å²) in [6.45, 7) is 6.83. The number of para-hydroxylation sites is 2. The summed E-state index contributed by atoms with van der Waals surface area (Å²) in [4.78, 5) is 31.3. The van der Waals surface area contributed by atoms with Gasteiger partial charge in [-0.05, 0) is 68.9 Å². The van der Waals surface area contributed by atoms with E-state index in [2.05, 4.69) is 54.3 Å². The van der Waals surface area contributed by atoms with Gasteiger partial charge < -0.3 is 9.72 Å². The molecular weight excluding hydrogens is 510 g/mol. The molecule has 0 bridgehead atoms. The Kier molecular flexibility index (Phi) is 5.18. The summed E-state index contributed by atoms with van der Waals surface area (Å²) in [5.74, 6) is 2.51. The number of imidazole rings is 1. The SMILES string of the molecule is CC1CCC2C(C1)c1c(c3ccccc3c3nc4ccc(C(=O)Nc5nc6ccccc6[nH]5)cc4nc13)OC2(C)C. The van der Waals surface area contributed by atoms with Crippen LogP contribution in [0.3, 0.4) is 0 Å². The van der Waals surface area contributed by atoms with Crippen molar-refractivity contribution in [3.8, 4) is 5.75 Å². The Balaban J connectivity index is 1.29. The van der Waals surface area contributed by atoms with E-state index in [9.17, 15) is 4.79 Å². The maximum Gasteiger partial charge on any atom is 0.258 e. The van der Waals surface area contributed by atoms with Gasteiger partial charge in [-0.25, -0.2) is 15.0 Å². The highest BCUT2D eigenvalue weighted by Gasteiger charge is 2.47. The first kappa shape index (κ1) is 24.3. The van der Waals surface area contributed by atoms with Crippen molar-refractivity contribution in [3.05, 3.63) is 77.9 Å². The average Bonchev–Trinajstić information content (AvgIpc) is 3.38. The van der Waals surface area contributed by atoms with Crippen LogP contribution >= 0.6 is 0 Å². The topological polar surface area (TPSA) is 92.8 Å². The first-order valence-electron chi connectivity index (χ1n) is 14.5. The number of nitrogens with zero attached hydrogens (tertiary/aromatic N) is 3. The van der Waals surface area contributed by atoms with E-state index in [0.717, 1.165) is 56.9 Å². The Morgan fingerprint density at radius 2 is 1.68 bits per heavy atom. The van der Waals surface area contributed by atoms with Crippen molar-refractivity contribution in [2.75, 3.05) is 5.32 Å². The van der Waals surface area contributed by atoms with Gasteiger partial charge in [-0.2, -0.15) is 0 Å². The van der Waals surface area contributed by atoms with E-state index < -0.39 is 0 Å². The predicted molar refractivity (Wildman–Crippen MR) is 163 cm³/mol. The predicted octanol–water partition coefficient (Wildman–Crippen LogP) is 7.76. The number of H-pyrrole nitrogens is 1. The van der Waals surface area contributed by atoms with E-state index in [1.807, 2.05) is 42.5 Å². The van der Waals surface area contributed by atoms with Crippen LogP contribution in [0.1, 0.15) is 61.9 Å². The molecule has 7 nitrogen and oxygen atoms in total. The van der Waals surface area contributed by atoms with E-state index in [4.69, 9.17) is 14.7 Å². The van der Waals surface area contributed by atoms with Crippen LogP contribution in [-0.2, 0) is 0 Å². The van der Waals surface area contributed by atoms with Gasteiger partial charge in [0.2, 0.25) is 5.95 Å². The van der Waals surface area contributed by atoms with Gasteiger partial charge in [-0.3, -0.25) is 10.1 Å². The summed E-state index contributed by atoms with van der Waals surface area (Å²) in [7, 11) is 0. The van der Waals surface area contributed by atoms with E-state index >= 15 is 0 Å². The van der Waals surface area contributed by atoms with E-state index in [-0.39, 0.29) is 11.5 Å². The van der Waals surface area contributed by atoms with Crippen LogP contribution in [0.2, 0.25) is 0 Å². The smallest absolute Gasteiger partial charge is 0.258 e. The quantitative estimate of drug-likeness (QED) is 0.173. The van der Waals surface area contributed by atoms with Crippen molar-refractivity contribution in [3.63, 3.8) is 0 Å². The first-order chi connectivity index (χ1) is 19.9. The number of carbonyl (C=O) groups excluding carboxylic acids is 1. The summed E-state index contributed by atoms with van der Waals surface area (Å²) in [6.07, 6.45) is 3.46. The molecule has 0 saturated heterocycles. The Morgan fingerprint density at radius 3 is 2.54 bits per heavy atom. The van der Waals surface area contributed by atoms with Crippen LogP contribution in [0.4, 0.5) is 5.95 Å². The fourth-order valence-corrected chi connectivity index (χ4v) is 7.23. The minimum Gasteiger partial charge on any atom is -0.487 e. The first-order valence-corrected chi connectivity index (χ1v) is 14.5. The van der Waals surface area contributed by atoms with E-state index in [1.54, 1.807) is 6.07 Å². The maximum absolute atomic E-state index is 13.3. The van der Waals surface area contributed by atoms with Gasteiger partial charge in [0.15, 0.2) is 0 Å². The van der Waals surface area contributed by atoms with Gasteiger partial charge in [-0.1, -0.05) is 49.7 Å². The summed E-state index contributed by atoms with van der Waals surface area (Å²) < 4.78 is 6.87. The minimum atomic E-state index is -0.263. The third kappa shape index (κ3) is 3.79. The molecule has 0 radical (unpaired) electrons. The number of fused-ring (bicyclic) bond motifs is 10. The van der Waals surface area contributed by atoms with Crippen LogP contribution in [0.5, 0.6) is 5.75 Å². The lowest BCUT2D eigenvalue weighted by atomic mass is 9.64. The molecular formula is C34H31N5O2. The Bertz CT molecular complexity index is 1990. The summed E-state index contributed by atoms with van der Waals surface area (Å²) in [6, 6.07) is 21.6. The normalized spacial score (nSPS) is 21.5. The highest BCUT2D eigenvalue weighted by molar-refractivity contribution is 6.12. The molecule has 6 aromatic rings. The van der Waals surface area contributed by atoms with Gasteiger partial charge in [0.05, 0.1) is 33.1 Å². The number of carbonyl (C=O) groups is 1. The molecule has 1 saturated carbocycles. The molecule has 3 atom stereocenters. The van der Waals surface area contributed by atoms with Gasteiger partial charge in [-0.15, -0.1) is 0 Å². The van der Waals surface area contributed by atoms with Crippen molar-refractivity contribution in [2.45, 2.75) is 51.6 Å². The van der Waals surface area contributed by atoms with Crippen molar-refractivity contribution in [1.82, 2.24) is 19.9 Å². The molecule has 4 aromatic carbocycles. The van der Waals surface area contributed by atoms with Crippen LogP contribution < -0.4 is 10.1 Å². The standard InChI is InChI=1S/C34H31N5O2/c1-18-12-14-23-22(16-18)28-30-29(20-8-4-5-9-21(20)31(28)41-34(23,2)3)35-26-15-13-19(17-27(26)36-30)32(40)39-33-37-24-10-6-7-11-25(24)38-33/h4-11,13,15,17-18,22-23H,12,14,16H2,1-3H3,(H2,37,38,39,40). The molecule has 3 heterocycles. The fraction of sp³-hybridized carbons (Fsp3) is 0.294. The van der Waals surface area contributed by atoms with Crippen LogP contribution in [-0.4, -0.2) is 31.4 Å². The lowest BCUT2D eigenvalue weighted by Crippen LogP contribution is -2.46. The Labute approximate surface area is 237 Å². The molecule has 3 unspecified atom stereocenters. The number of rotatable bonds is 2. The molecule has 1 aliphatic carbocycles. The van der Waals surface area contributed by atoms with E-state index in [1.165, 1.54) is 12.0 Å². The zero-order valence-electron chi connectivity index (χ0n) is 23.4. The third-order valence-corrected chi connectivity index (χ3v) is 9.22. The highest BCUT2D eigenvalue weighted by atomic mass is 16.5. The number of amides is 1. The van der Waals surface area contributed by atoms with Gasteiger partial charge in [0, 0.05) is 27.8 Å². The number of anilines is 1. The molecule has 204 valence electrons. The van der Waals surface area contributed by atoms with Crippen molar-refractivity contribution < 1.29 is 9.53 Å². The summed E-state index contributed by atoms with van der Waals surface area (Å²) >= 11 is 0. The highest BCUT2D eigenvalue weighted by Crippen LogP contribution is 2.56. The lowest BCUT2D eigenvalue weighted by molar-refractivity contribution is -0.0115. The second-order valence-electron chi connectivity index (χ2n) is 12.3. The van der Waals surface area contributed by atoms with E-state index in [0.29, 0.717) is 34.8 Å². The second kappa shape index (κ2) is 8.74. The van der Waals surface area contributed by atoms with Crippen molar-refractivity contribution >= 4 is 55.7 Å². The number of nitrogens with one attached hydrogen (secondary N) is 2. The molecule has 8 rings (SSSR count). The molecule has 1 amide bonds. The van der Waals surface area contributed by atoms with Gasteiger partial charge in [0.1, 0.15) is 11.4 Å². The van der Waals surface area contributed by atoms with Gasteiger partial charge >= 0.3 is 0 Å². The molecule has 1 fully saturated rings. The monoisotopic (exact) mass is 541 g/mol. The Hall–Kier alpha value is -4.52. The summed E-state index contributed by atoms with van der Waals surface area (Å²) in [5, 5.41) is 5.04. The molecule has 41 heavy (non-hydrogen) atoms. The minimum absolute atomic E-state index is 0.250. The van der Waals surface area contributed by atoms with Crippen molar-refractivity contribution in [2.24, 2.45) is 11.8 Å². The second-order valence-corrected chi connectivity index (χ2v) is 12.3.